The summed E-state index contributed by atoms with van der Waals surface area (Å²) in [6, 6.07) is 6.95. The van der Waals surface area contributed by atoms with E-state index < -0.39 is 11.7 Å². The molecule has 1 aromatic rings. The maximum absolute atomic E-state index is 11.8. The molecular weight excluding hydrogens is 254 g/mol. The van der Waals surface area contributed by atoms with Crippen LogP contribution in [-0.4, -0.2) is 0 Å². The number of hydrogen-bond acceptors (Lipinski definition) is 0. The summed E-state index contributed by atoms with van der Waals surface area (Å²) in [7, 11) is 0. The fourth-order valence-electron chi connectivity index (χ4n) is 0.576. The van der Waals surface area contributed by atoms with E-state index in [0.717, 1.165) is 12.1 Å². The van der Waals surface area contributed by atoms with Crippen LogP contribution in [0, 0.1) is 6.07 Å². The summed E-state index contributed by atoms with van der Waals surface area (Å²) >= 11 is 0. The molecule has 0 saturated carbocycles. The third-order valence-corrected chi connectivity index (χ3v) is 1.05. The molecule has 4 heteroatoms. The largest absolute Gasteiger partial charge is 0.394 e. The van der Waals surface area contributed by atoms with Crippen molar-refractivity contribution in [3.05, 3.63) is 35.9 Å². The standard InChI is InChI=1S/C7H4F3.C2H6.Y/c8-7(9,10)6-4-2-1-3-5-6;1-2;/h2-5H;1-2H3;/q-1;;. The van der Waals surface area contributed by atoms with Crippen LogP contribution in [0.15, 0.2) is 24.3 Å². The molecule has 0 amide bonds. The third kappa shape index (κ3) is 6.22. The average Bonchev–Trinajstić information content (AvgIpc) is 2.08. The Balaban J connectivity index is 0. The topological polar surface area (TPSA) is 0 Å². The zero-order chi connectivity index (χ0) is 9.61. The normalized spacial score (nSPS) is 9.31. The molecule has 0 aromatic heterocycles. The second-order valence-corrected chi connectivity index (χ2v) is 1.79. The minimum atomic E-state index is -4.23. The molecule has 0 saturated heterocycles. The average molecular weight is 264 g/mol. The molecule has 0 N–H and O–H groups in total. The van der Waals surface area contributed by atoms with Crippen molar-refractivity contribution in [1.29, 1.82) is 0 Å². The van der Waals surface area contributed by atoms with E-state index in [4.69, 9.17) is 0 Å². The number of rotatable bonds is 0. The number of alkyl halides is 3. The van der Waals surface area contributed by atoms with Gasteiger partial charge in [-0.1, -0.05) is 19.4 Å². The third-order valence-electron chi connectivity index (χ3n) is 1.05. The van der Waals surface area contributed by atoms with Crippen LogP contribution in [0.2, 0.25) is 0 Å². The van der Waals surface area contributed by atoms with Crippen molar-refractivity contribution in [2.45, 2.75) is 20.0 Å². The van der Waals surface area contributed by atoms with Crippen molar-refractivity contribution in [2.24, 2.45) is 0 Å². The van der Waals surface area contributed by atoms with E-state index in [-0.39, 0.29) is 32.7 Å². The van der Waals surface area contributed by atoms with Crippen molar-refractivity contribution in [2.75, 3.05) is 0 Å². The SMILES string of the molecule is CC.FC(F)(F)c1cc[c-]cc1.[Y]. The van der Waals surface area contributed by atoms with E-state index in [2.05, 4.69) is 6.07 Å². The Morgan fingerprint density at radius 2 is 1.46 bits per heavy atom. The maximum Gasteiger partial charge on any atom is 0.394 e. The molecule has 1 rings (SSSR count). The van der Waals surface area contributed by atoms with Crippen LogP contribution in [0.3, 0.4) is 0 Å². The second kappa shape index (κ2) is 7.51. The van der Waals surface area contributed by atoms with E-state index in [1.807, 2.05) is 13.8 Å². The molecule has 0 nitrogen and oxygen atoms in total. The van der Waals surface area contributed by atoms with Gasteiger partial charge in [-0.05, 0) is 0 Å². The Kier molecular flexibility index (Phi) is 9.00. The van der Waals surface area contributed by atoms with E-state index in [1.54, 1.807) is 0 Å². The molecule has 71 valence electrons. The van der Waals surface area contributed by atoms with Gasteiger partial charge in [-0.2, -0.15) is 43.5 Å². The van der Waals surface area contributed by atoms with Gasteiger partial charge in [0.15, 0.2) is 0 Å². The molecule has 13 heavy (non-hydrogen) atoms. The first-order valence-electron chi connectivity index (χ1n) is 3.64. The van der Waals surface area contributed by atoms with Gasteiger partial charge in [0.25, 0.3) is 0 Å². The summed E-state index contributed by atoms with van der Waals surface area (Å²) in [6.07, 6.45) is -4.23. The fourth-order valence-corrected chi connectivity index (χ4v) is 0.576. The van der Waals surface area contributed by atoms with E-state index in [0.29, 0.717) is 0 Å². The van der Waals surface area contributed by atoms with Gasteiger partial charge in [0.2, 0.25) is 0 Å². The molecule has 0 unspecified atom stereocenters. The molecule has 0 spiro atoms. The summed E-state index contributed by atoms with van der Waals surface area (Å²) in [5, 5.41) is 0. The van der Waals surface area contributed by atoms with Crippen LogP contribution < -0.4 is 0 Å². The van der Waals surface area contributed by atoms with Gasteiger partial charge >= 0.3 is 6.18 Å². The van der Waals surface area contributed by atoms with Gasteiger partial charge in [-0.15, -0.1) is 0 Å². The summed E-state index contributed by atoms with van der Waals surface area (Å²) in [6.45, 7) is 4.00. The van der Waals surface area contributed by atoms with Gasteiger partial charge in [0.1, 0.15) is 0 Å². The summed E-state index contributed by atoms with van der Waals surface area (Å²) < 4.78 is 35.3. The van der Waals surface area contributed by atoms with Gasteiger partial charge < -0.3 is 0 Å². The molecular formula is C9H10F3Y-. The van der Waals surface area contributed by atoms with Crippen molar-refractivity contribution in [3.8, 4) is 0 Å². The Morgan fingerprint density at radius 1 is 1.08 bits per heavy atom. The Labute approximate surface area is 101 Å². The van der Waals surface area contributed by atoms with Crippen LogP contribution in [0.25, 0.3) is 0 Å². The Hall–Kier alpha value is 0.114. The molecule has 0 aliphatic rings. The maximum atomic E-state index is 11.8. The van der Waals surface area contributed by atoms with Crippen molar-refractivity contribution in [1.82, 2.24) is 0 Å². The van der Waals surface area contributed by atoms with Crippen molar-refractivity contribution >= 4 is 0 Å². The molecule has 0 bridgehead atoms. The molecule has 0 fully saturated rings. The number of benzene rings is 1. The van der Waals surface area contributed by atoms with Crippen LogP contribution in [0.4, 0.5) is 13.2 Å². The summed E-state index contributed by atoms with van der Waals surface area (Å²) in [5.41, 5.74) is -0.633. The quantitative estimate of drug-likeness (QED) is 0.629. The zero-order valence-corrected chi connectivity index (χ0v) is 10.4. The number of hydrogen-bond donors (Lipinski definition) is 0. The van der Waals surface area contributed by atoms with E-state index in [1.165, 1.54) is 12.1 Å². The van der Waals surface area contributed by atoms with E-state index >= 15 is 0 Å². The minimum Gasteiger partial charge on any atom is -0.184 e. The summed E-state index contributed by atoms with van der Waals surface area (Å²) in [5.74, 6) is 0. The first-order valence-corrected chi connectivity index (χ1v) is 3.64. The summed E-state index contributed by atoms with van der Waals surface area (Å²) in [4.78, 5) is 0. The smallest absolute Gasteiger partial charge is 0.184 e. The Bertz CT molecular complexity index is 206. The molecule has 0 aliphatic carbocycles. The van der Waals surface area contributed by atoms with Gasteiger partial charge in [-0.3, -0.25) is 0 Å². The van der Waals surface area contributed by atoms with Gasteiger partial charge in [-0.25, -0.2) is 0 Å². The van der Waals surface area contributed by atoms with Gasteiger partial charge in [0, 0.05) is 32.7 Å². The number of halogens is 3. The predicted octanol–water partition coefficient (Wildman–Crippen LogP) is 3.53. The zero-order valence-electron chi connectivity index (χ0n) is 7.52. The van der Waals surface area contributed by atoms with Crippen LogP contribution in [-0.2, 0) is 38.9 Å². The molecule has 0 aliphatic heterocycles. The fraction of sp³-hybridized carbons (Fsp3) is 0.333. The van der Waals surface area contributed by atoms with Crippen molar-refractivity contribution < 1.29 is 45.9 Å². The Morgan fingerprint density at radius 3 is 1.69 bits per heavy atom. The van der Waals surface area contributed by atoms with Crippen LogP contribution >= 0.6 is 0 Å². The van der Waals surface area contributed by atoms with Crippen LogP contribution in [0.1, 0.15) is 19.4 Å². The first kappa shape index (κ1) is 15.6. The first-order chi connectivity index (χ1) is 5.61. The minimum absolute atomic E-state index is 0. The monoisotopic (exact) mass is 264 g/mol. The van der Waals surface area contributed by atoms with Gasteiger partial charge in [0.05, 0.1) is 0 Å². The van der Waals surface area contributed by atoms with Crippen molar-refractivity contribution in [3.63, 3.8) is 0 Å². The predicted molar refractivity (Wildman–Crippen MR) is 41.6 cm³/mol. The molecule has 0 heterocycles. The second-order valence-electron chi connectivity index (χ2n) is 1.79. The van der Waals surface area contributed by atoms with E-state index in [9.17, 15) is 13.2 Å². The molecule has 1 aromatic carbocycles. The van der Waals surface area contributed by atoms with Crippen LogP contribution in [0.5, 0.6) is 0 Å². The molecule has 0 atom stereocenters. The molecule has 1 radical (unpaired) electrons.